The first kappa shape index (κ1) is 22.9. The van der Waals surface area contributed by atoms with E-state index in [1.807, 2.05) is 12.1 Å². The van der Waals surface area contributed by atoms with Crippen LogP contribution in [0.3, 0.4) is 0 Å². The Balaban J connectivity index is 0. The van der Waals surface area contributed by atoms with Crippen molar-refractivity contribution in [3.63, 3.8) is 0 Å². The number of benzene rings is 1. The van der Waals surface area contributed by atoms with Crippen molar-refractivity contribution in [3.8, 4) is 0 Å². The Bertz CT molecular complexity index is 316. The summed E-state index contributed by atoms with van der Waals surface area (Å²) in [6, 6.07) is 11.4. The third-order valence-corrected chi connectivity index (χ3v) is 2.86. The van der Waals surface area contributed by atoms with Gasteiger partial charge in [-0.1, -0.05) is 62.9 Å². The molecule has 0 bridgehead atoms. The van der Waals surface area contributed by atoms with Crippen molar-refractivity contribution in [3.05, 3.63) is 35.9 Å². The second-order valence-electron chi connectivity index (χ2n) is 4.50. The third-order valence-electron chi connectivity index (χ3n) is 2.86. The summed E-state index contributed by atoms with van der Waals surface area (Å²) in [6.07, 6.45) is 11.0. The van der Waals surface area contributed by atoms with E-state index in [1.165, 1.54) is 56.9 Å². The van der Waals surface area contributed by atoms with E-state index in [-0.39, 0.29) is 40.8 Å². The van der Waals surface area contributed by atoms with Crippen LogP contribution < -0.4 is 9.79 Å². The largest absolute Gasteiger partial charge is 3.00 e. The van der Waals surface area contributed by atoms with Crippen LogP contribution in [0, 0.1) is 46.9 Å². The van der Waals surface area contributed by atoms with Crippen LogP contribution in [-0.2, 0) is 11.0 Å². The SMILES string of the molecule is CCCCCCCCCc1cc[c-]cc1.O=[P+]([O-])[O-].[Nd+3]. The van der Waals surface area contributed by atoms with Gasteiger partial charge in [-0.25, -0.2) is 0 Å². The number of hydrogen-bond donors (Lipinski definition) is 0. The number of rotatable bonds is 8. The molecule has 0 amide bonds. The van der Waals surface area contributed by atoms with Gasteiger partial charge in [-0.05, 0) is 0 Å². The molecule has 1 aromatic rings. The summed E-state index contributed by atoms with van der Waals surface area (Å²) in [7, 11) is -3.37. The van der Waals surface area contributed by atoms with Crippen molar-refractivity contribution in [1.29, 1.82) is 0 Å². The molecule has 1 aromatic carbocycles. The van der Waals surface area contributed by atoms with Crippen LogP contribution in [0.1, 0.15) is 57.4 Å². The molecule has 0 saturated carbocycles. The van der Waals surface area contributed by atoms with E-state index in [9.17, 15) is 0 Å². The first-order valence-corrected chi connectivity index (χ1v) is 8.03. The van der Waals surface area contributed by atoms with Crippen LogP contribution in [0.2, 0.25) is 0 Å². The summed E-state index contributed by atoms with van der Waals surface area (Å²) in [5, 5.41) is 0. The van der Waals surface area contributed by atoms with Gasteiger partial charge in [-0.15, -0.1) is 0 Å². The molecule has 0 aliphatic carbocycles. The molecular formula is C15H23NdO3P+. The van der Waals surface area contributed by atoms with Crippen LogP contribution >= 0.6 is 8.25 Å². The first-order valence-electron chi connectivity index (χ1n) is 6.93. The van der Waals surface area contributed by atoms with Gasteiger partial charge in [0.05, 0.1) is 0 Å². The fraction of sp³-hybridized carbons (Fsp3) is 0.600. The molecule has 0 unspecified atom stereocenters. The van der Waals surface area contributed by atoms with Crippen molar-refractivity contribution >= 4 is 8.25 Å². The molecular weight excluding hydrogens is 403 g/mol. The summed E-state index contributed by atoms with van der Waals surface area (Å²) in [5.74, 6) is 0. The zero-order valence-corrected chi connectivity index (χ0v) is 16.2. The normalized spacial score (nSPS) is 9.15. The number of aryl methyl sites for hydroxylation is 1. The monoisotopic (exact) mass is 424 g/mol. The Kier molecular flexibility index (Phi) is 20.2. The number of hydrogen-bond acceptors (Lipinski definition) is 3. The van der Waals surface area contributed by atoms with E-state index in [2.05, 4.69) is 25.1 Å². The predicted molar refractivity (Wildman–Crippen MR) is 74.6 cm³/mol. The molecule has 0 saturated heterocycles. The zero-order chi connectivity index (χ0) is 14.3. The zero-order valence-electron chi connectivity index (χ0n) is 12.1. The summed E-state index contributed by atoms with van der Waals surface area (Å²) in [6.45, 7) is 2.27. The van der Waals surface area contributed by atoms with Gasteiger partial charge >= 0.3 is 40.8 Å². The van der Waals surface area contributed by atoms with Crippen molar-refractivity contribution in [1.82, 2.24) is 0 Å². The molecule has 20 heavy (non-hydrogen) atoms. The topological polar surface area (TPSA) is 63.2 Å². The minimum absolute atomic E-state index is 0. The molecule has 0 N–H and O–H groups in total. The second-order valence-corrected chi connectivity index (χ2v) is 4.95. The summed E-state index contributed by atoms with van der Waals surface area (Å²) in [5.41, 5.74) is 1.46. The maximum atomic E-state index is 8.48. The van der Waals surface area contributed by atoms with Crippen molar-refractivity contribution in [2.75, 3.05) is 0 Å². The molecule has 1 rings (SSSR count). The van der Waals surface area contributed by atoms with E-state index in [0.717, 1.165) is 0 Å². The van der Waals surface area contributed by atoms with Crippen molar-refractivity contribution in [2.24, 2.45) is 0 Å². The number of unbranched alkanes of at least 4 members (excludes halogenated alkanes) is 6. The van der Waals surface area contributed by atoms with Crippen LogP contribution in [0.4, 0.5) is 0 Å². The maximum Gasteiger partial charge on any atom is 3.00 e. The van der Waals surface area contributed by atoms with E-state index >= 15 is 0 Å². The van der Waals surface area contributed by atoms with E-state index in [0.29, 0.717) is 0 Å². The Morgan fingerprint density at radius 1 is 1.00 bits per heavy atom. The Morgan fingerprint density at radius 2 is 1.45 bits per heavy atom. The molecule has 0 aliphatic heterocycles. The average Bonchev–Trinajstić information content (AvgIpc) is 2.38. The molecule has 1 radical (unpaired) electrons. The second kappa shape index (κ2) is 17.6. The molecule has 0 fully saturated rings. The fourth-order valence-corrected chi connectivity index (χ4v) is 1.87. The minimum Gasteiger partial charge on any atom is -0.598 e. The van der Waals surface area contributed by atoms with Gasteiger partial charge in [0.25, 0.3) is 8.25 Å². The smallest absolute Gasteiger partial charge is 0.598 e. The van der Waals surface area contributed by atoms with Crippen molar-refractivity contribution in [2.45, 2.75) is 58.3 Å². The molecule has 3 nitrogen and oxygen atoms in total. The Labute approximate surface area is 156 Å². The predicted octanol–water partition coefficient (Wildman–Crippen LogP) is 3.14. The summed E-state index contributed by atoms with van der Waals surface area (Å²) >= 11 is 0. The molecule has 109 valence electrons. The van der Waals surface area contributed by atoms with Gasteiger partial charge in [0.2, 0.25) is 0 Å². The minimum atomic E-state index is -3.37. The molecule has 0 spiro atoms. The van der Waals surface area contributed by atoms with Gasteiger partial charge in [-0.2, -0.15) is 35.9 Å². The third kappa shape index (κ3) is 18.6. The van der Waals surface area contributed by atoms with E-state index in [1.54, 1.807) is 0 Å². The maximum absolute atomic E-state index is 8.48. The molecule has 0 aliphatic rings. The Morgan fingerprint density at radius 3 is 1.95 bits per heavy atom. The van der Waals surface area contributed by atoms with Crippen LogP contribution in [0.25, 0.3) is 0 Å². The fourth-order valence-electron chi connectivity index (χ4n) is 1.87. The van der Waals surface area contributed by atoms with E-state index in [4.69, 9.17) is 14.4 Å². The molecule has 0 atom stereocenters. The summed E-state index contributed by atoms with van der Waals surface area (Å²) < 4.78 is 8.48. The first-order chi connectivity index (χ1) is 9.16. The molecule has 0 heterocycles. The Hall–Kier alpha value is 0.591. The van der Waals surface area contributed by atoms with Crippen molar-refractivity contribution < 1.29 is 55.2 Å². The average molecular weight is 427 g/mol. The van der Waals surface area contributed by atoms with Crippen LogP contribution in [-0.4, -0.2) is 0 Å². The van der Waals surface area contributed by atoms with E-state index < -0.39 is 8.25 Å². The van der Waals surface area contributed by atoms with Gasteiger partial charge < -0.3 is 9.79 Å². The van der Waals surface area contributed by atoms with Gasteiger partial charge in [-0.3, -0.25) is 0 Å². The molecule has 0 aromatic heterocycles. The van der Waals surface area contributed by atoms with Gasteiger partial charge in [0.15, 0.2) is 0 Å². The summed E-state index contributed by atoms with van der Waals surface area (Å²) in [4.78, 5) is 17.0. The van der Waals surface area contributed by atoms with Crippen LogP contribution in [0.15, 0.2) is 24.3 Å². The standard InChI is InChI=1S/C15H23.Nd.HO3P/c1-2-3-4-5-6-7-9-12-15-13-10-8-11-14-15;;1-4(2)3/h10-11,13-14H,2-7,9,12H2,1H3;;(H,1,2,3)/q-1;+3;/p-1. The quantitative estimate of drug-likeness (QED) is 0.364. The van der Waals surface area contributed by atoms with Gasteiger partial charge in [0, 0.05) is 0 Å². The molecule has 5 heteroatoms. The van der Waals surface area contributed by atoms with Crippen LogP contribution in [0.5, 0.6) is 0 Å². The van der Waals surface area contributed by atoms with Gasteiger partial charge in [0.1, 0.15) is 0 Å².